The van der Waals surface area contributed by atoms with Crippen molar-refractivity contribution in [2.45, 2.75) is 71.6 Å². The molecular weight excluding hydrogens is 908 g/mol. The summed E-state index contributed by atoms with van der Waals surface area (Å²) in [6, 6.07) is 53.1. The Morgan fingerprint density at radius 1 is 0.621 bits per heavy atom. The van der Waals surface area contributed by atoms with E-state index >= 15 is 0 Å². The predicted molar refractivity (Wildman–Crippen MR) is 237 cm³/mol. The average Bonchev–Trinajstić information content (AvgIpc) is 3.75. The molecule has 8 aromatic rings. The van der Waals surface area contributed by atoms with Crippen LogP contribution in [-0.4, -0.2) is 9.97 Å². The second-order valence-corrected chi connectivity index (χ2v) is 18.4. The van der Waals surface area contributed by atoms with Gasteiger partial charge in [-0.3, -0.25) is 9.97 Å². The molecule has 1 aliphatic rings. The van der Waals surface area contributed by atoms with Crippen LogP contribution in [0, 0.1) is 26.0 Å². The van der Waals surface area contributed by atoms with Crippen LogP contribution in [0.1, 0.15) is 86.2 Å². The van der Waals surface area contributed by atoms with E-state index in [0.717, 1.165) is 37.6 Å². The summed E-state index contributed by atoms with van der Waals surface area (Å²) in [6.07, 6.45) is 1.91. The summed E-state index contributed by atoms with van der Waals surface area (Å²) in [7, 11) is 0. The van der Waals surface area contributed by atoms with Gasteiger partial charge in [-0.25, -0.2) is 0 Å². The van der Waals surface area contributed by atoms with Crippen LogP contribution < -0.4 is 4.74 Å². The summed E-state index contributed by atoms with van der Waals surface area (Å²) < 4.78 is 8.06. The van der Waals surface area contributed by atoms with Crippen LogP contribution in [0.5, 0.6) is 11.5 Å². The van der Waals surface area contributed by atoms with Gasteiger partial charge in [-0.15, -0.1) is 29.3 Å². The summed E-state index contributed by atoms with van der Waals surface area (Å²) in [5.74, 6) is 1.23. The molecule has 290 valence electrons. The van der Waals surface area contributed by atoms with Gasteiger partial charge in [0.2, 0.25) is 0 Å². The first-order chi connectivity index (χ1) is 27.3. The summed E-state index contributed by atoms with van der Waals surface area (Å²) in [5, 5.41) is 0.907. The molecule has 0 aliphatic heterocycles. The second kappa shape index (κ2) is 14.9. The van der Waals surface area contributed by atoms with Gasteiger partial charge in [0.25, 0.3) is 0 Å². The Morgan fingerprint density at radius 3 is 1.88 bits per heavy atom. The van der Waals surface area contributed by atoms with Crippen molar-refractivity contribution in [3.05, 3.63) is 190 Å². The predicted octanol–water partition coefficient (Wildman–Crippen LogP) is 14.0. The maximum Gasteiger partial charge on any atom is 2.00 e. The molecule has 9 rings (SSSR count). The van der Waals surface area contributed by atoms with Gasteiger partial charge in [-0.05, 0) is 99.0 Å². The van der Waals surface area contributed by atoms with Gasteiger partial charge >= 0.3 is 21.1 Å². The molecule has 0 amide bonds. The van der Waals surface area contributed by atoms with Crippen LogP contribution in [0.4, 0.5) is 0 Å². The number of nitrogens with zero attached hydrogens (tertiary/aromatic N) is 2. The van der Waals surface area contributed by atoms with Crippen LogP contribution in [0.3, 0.4) is 0 Å². The monoisotopic (exact) mass is 953 g/mol. The fraction of sp³-hybridized carbons (Fsp3) is 0.208. The number of benzene rings is 6. The summed E-state index contributed by atoms with van der Waals surface area (Å²) in [5.41, 5.74) is 15.0. The zero-order valence-electron chi connectivity index (χ0n) is 34.2. The van der Waals surface area contributed by atoms with E-state index in [0.29, 0.717) is 11.5 Å². The minimum Gasteiger partial charge on any atom is -0.503 e. The fourth-order valence-corrected chi connectivity index (χ4v) is 9.44. The largest absolute Gasteiger partial charge is 2.00 e. The molecule has 1 aliphatic carbocycles. The minimum absolute atomic E-state index is 0. The zero-order chi connectivity index (χ0) is 39.7. The molecule has 0 radical (unpaired) electrons. The number of fused-ring (bicyclic) bond motifs is 4. The number of para-hydroxylation sites is 1. The van der Waals surface area contributed by atoms with Crippen LogP contribution in [0.15, 0.2) is 134 Å². The fourth-order valence-electron chi connectivity index (χ4n) is 8.51. The summed E-state index contributed by atoms with van der Waals surface area (Å²) in [6.45, 7) is 18.0. The van der Waals surface area contributed by atoms with Crippen molar-refractivity contribution in [3.8, 4) is 44.3 Å². The molecule has 0 spiro atoms. The quantitative estimate of drug-likeness (QED) is 0.156. The Morgan fingerprint density at radius 2 is 1.26 bits per heavy atom. The van der Waals surface area contributed by atoms with E-state index in [1.807, 2.05) is 24.4 Å². The number of hydrogen-bond acceptors (Lipinski definition) is 4. The smallest absolute Gasteiger partial charge is 0.503 e. The third-order valence-electron chi connectivity index (χ3n) is 11.4. The van der Waals surface area contributed by atoms with Crippen molar-refractivity contribution in [3.63, 3.8) is 0 Å². The first kappa shape index (κ1) is 39.7. The standard InChI is InChI=1S/C53H46N2OS.Pt/c1-33-15-13-16-34(2)49(33)35-27-36(50-55-46-19-9-10-20-47(46)57-50)29-41(28-35)56-40-18-14-17-39(30-40)53(48-21-11-12-26-54-48)44-31-37(51(3,4)5)22-24-42(44)43-25-23-38(32-45(43)53)52(6,7)8;/h9-28,31-32H,1-8H3;/q-2;+2. The summed E-state index contributed by atoms with van der Waals surface area (Å²) in [4.78, 5) is 10.2. The molecule has 58 heavy (non-hydrogen) atoms. The van der Waals surface area contributed by atoms with Crippen molar-refractivity contribution in [1.29, 1.82) is 0 Å². The van der Waals surface area contributed by atoms with Gasteiger partial charge in [0.05, 0.1) is 16.6 Å². The molecule has 3 nitrogen and oxygen atoms in total. The van der Waals surface area contributed by atoms with Crippen molar-refractivity contribution in [1.82, 2.24) is 9.97 Å². The molecule has 0 unspecified atom stereocenters. The second-order valence-electron chi connectivity index (χ2n) is 17.4. The van der Waals surface area contributed by atoms with Crippen LogP contribution in [0.25, 0.3) is 43.0 Å². The zero-order valence-corrected chi connectivity index (χ0v) is 37.3. The Bertz CT molecular complexity index is 2710. The molecule has 0 saturated carbocycles. The van der Waals surface area contributed by atoms with E-state index in [4.69, 9.17) is 14.7 Å². The third-order valence-corrected chi connectivity index (χ3v) is 12.5. The Kier molecular flexibility index (Phi) is 10.2. The minimum atomic E-state index is -0.746. The van der Waals surface area contributed by atoms with Crippen molar-refractivity contribution in [2.75, 3.05) is 0 Å². The van der Waals surface area contributed by atoms with Crippen molar-refractivity contribution < 1.29 is 25.8 Å². The molecule has 0 fully saturated rings. The molecule has 5 heteroatoms. The molecule has 0 N–H and O–H groups in total. The van der Waals surface area contributed by atoms with E-state index in [2.05, 4.69) is 177 Å². The molecular formula is C53H46N2OPtS. The van der Waals surface area contributed by atoms with E-state index in [1.54, 1.807) is 11.3 Å². The molecule has 6 aromatic carbocycles. The van der Waals surface area contributed by atoms with Gasteiger partial charge in [-0.2, -0.15) is 23.5 Å². The molecule has 0 bridgehead atoms. The molecule has 2 heterocycles. The van der Waals surface area contributed by atoms with Crippen molar-refractivity contribution >= 4 is 21.6 Å². The first-order valence-corrected chi connectivity index (χ1v) is 20.5. The SMILES string of the molecule is Cc1cccc(C)c1-c1cc(Oc2[c-]c(C3(c4ccccn4)c4cc(C(C)(C)C)ccc4-c4ccc(C(C)(C)C)cc43)ccc2)[c-]c(-c2nc3ccccc3s2)c1.[Pt+2]. The van der Waals surface area contributed by atoms with Gasteiger partial charge in [-0.1, -0.05) is 132 Å². The number of aryl methyl sites for hydroxylation is 2. The van der Waals surface area contributed by atoms with Crippen LogP contribution >= 0.6 is 11.3 Å². The van der Waals surface area contributed by atoms with Crippen LogP contribution in [0.2, 0.25) is 0 Å². The summed E-state index contributed by atoms with van der Waals surface area (Å²) >= 11 is 1.67. The first-order valence-electron chi connectivity index (χ1n) is 19.7. The number of aromatic nitrogens is 2. The molecule has 0 saturated heterocycles. The number of thiazole rings is 1. The molecule has 2 aromatic heterocycles. The van der Waals surface area contributed by atoms with Crippen molar-refractivity contribution in [2.24, 2.45) is 0 Å². The number of hydrogen-bond donors (Lipinski definition) is 0. The van der Waals surface area contributed by atoms with E-state index in [1.165, 1.54) is 50.1 Å². The van der Waals surface area contributed by atoms with Crippen LogP contribution in [-0.2, 0) is 37.3 Å². The number of ether oxygens (including phenoxy) is 1. The van der Waals surface area contributed by atoms with Gasteiger partial charge in [0, 0.05) is 27.4 Å². The Hall–Kier alpha value is -5.15. The van der Waals surface area contributed by atoms with Gasteiger partial charge < -0.3 is 4.74 Å². The number of rotatable bonds is 6. The van der Waals surface area contributed by atoms with Gasteiger partial charge in [0.1, 0.15) is 0 Å². The topological polar surface area (TPSA) is 35.0 Å². The third kappa shape index (κ3) is 6.85. The maximum atomic E-state index is 6.91. The maximum absolute atomic E-state index is 6.91. The normalized spacial score (nSPS) is 13.2. The van der Waals surface area contributed by atoms with Gasteiger partial charge in [0.15, 0.2) is 0 Å². The Labute approximate surface area is 361 Å². The van der Waals surface area contributed by atoms with E-state index in [-0.39, 0.29) is 31.9 Å². The number of pyridine rings is 1. The Balaban J connectivity index is 0.00000469. The molecule has 0 atom stereocenters. The average molecular weight is 954 g/mol. The van der Waals surface area contributed by atoms with E-state index in [9.17, 15) is 0 Å². The van der Waals surface area contributed by atoms with E-state index < -0.39 is 5.41 Å².